The molecule has 3 aromatic carbocycles. The Kier molecular flexibility index (Phi) is 7.70. The number of para-hydroxylation sites is 1. The molecule has 11 nitrogen and oxygen atoms in total. The number of aromatic amines is 1. The number of H-pyrrole nitrogens is 1. The zero-order valence-electron chi connectivity index (χ0n) is 22.6. The number of anilines is 2. The van der Waals surface area contributed by atoms with Crippen molar-refractivity contribution in [2.75, 3.05) is 16.8 Å². The summed E-state index contributed by atoms with van der Waals surface area (Å²) < 4.78 is 45.0. The number of ether oxygens (including phenoxy) is 1. The van der Waals surface area contributed by atoms with Gasteiger partial charge in [-0.15, -0.1) is 0 Å². The highest BCUT2D eigenvalue weighted by Crippen LogP contribution is 2.54. The molecule has 230 valence electrons. The van der Waals surface area contributed by atoms with Crippen molar-refractivity contribution in [2.45, 2.75) is 22.4 Å². The lowest BCUT2D eigenvalue weighted by atomic mass is 9.82. The third-order valence-electron chi connectivity index (χ3n) is 7.23. The van der Waals surface area contributed by atoms with Crippen LogP contribution in [0.25, 0.3) is 0 Å². The van der Waals surface area contributed by atoms with Crippen LogP contribution in [0.4, 0.5) is 30.2 Å². The Morgan fingerprint density at radius 2 is 1.76 bits per heavy atom. The molecule has 3 heterocycles. The molecule has 2 N–H and O–H groups in total. The van der Waals surface area contributed by atoms with Gasteiger partial charge in [-0.1, -0.05) is 47.4 Å². The van der Waals surface area contributed by atoms with Crippen molar-refractivity contribution in [3.63, 3.8) is 0 Å². The molecule has 0 saturated carbocycles. The molecule has 1 saturated heterocycles. The van der Waals surface area contributed by atoms with E-state index in [0.717, 1.165) is 46.2 Å². The molecule has 0 spiro atoms. The number of alkyl halides is 3. The van der Waals surface area contributed by atoms with Crippen LogP contribution in [0.15, 0.2) is 82.6 Å². The van der Waals surface area contributed by atoms with Gasteiger partial charge in [-0.05, 0) is 36.4 Å². The van der Waals surface area contributed by atoms with E-state index in [1.807, 2.05) is 0 Å². The number of halogens is 3. The summed E-state index contributed by atoms with van der Waals surface area (Å²) in [6, 6.07) is 15.6. The van der Waals surface area contributed by atoms with E-state index in [2.05, 4.69) is 10.3 Å². The van der Waals surface area contributed by atoms with Crippen LogP contribution in [0.2, 0.25) is 0 Å². The normalized spacial score (nSPS) is 19.2. The number of thioether (sulfide) groups is 1. The Bertz CT molecular complexity index is 1910. The molecule has 2 aliphatic heterocycles. The quantitative estimate of drug-likeness (QED) is 0.157. The van der Waals surface area contributed by atoms with Crippen LogP contribution in [0, 0.1) is 16.0 Å². The van der Waals surface area contributed by atoms with E-state index in [1.54, 1.807) is 18.2 Å². The van der Waals surface area contributed by atoms with Crippen molar-refractivity contribution in [2.24, 2.45) is 5.92 Å². The molecule has 16 heteroatoms. The Balaban J connectivity index is 1.30. The number of hydrogen-bond acceptors (Lipinski definition) is 9. The smallest absolute Gasteiger partial charge is 0.416 e. The highest BCUT2D eigenvalue weighted by atomic mass is 32.2. The van der Waals surface area contributed by atoms with E-state index in [0.29, 0.717) is 15.5 Å². The van der Waals surface area contributed by atoms with Gasteiger partial charge in [-0.25, -0.2) is 4.90 Å². The second kappa shape index (κ2) is 11.5. The number of carbonyl (C=O) groups is 3. The summed E-state index contributed by atoms with van der Waals surface area (Å²) in [7, 11) is 0. The standard InChI is InChI=1S/C29H19F3N4O7S2/c30-29(31,32)14-4-3-5-15(12-14)33-20(37)13-43-19-7-2-1-6-18(19)21-22-24(44-25-23(21)45-28(40)34-25)27(39)35(26(22)38)16-8-10-17(11-9-16)36(41)42/h1-12,21-22,24H,13H2,(H,33,37)(H,34,40). The number of benzene rings is 3. The lowest BCUT2D eigenvalue weighted by molar-refractivity contribution is -0.384. The molecule has 3 unspecified atom stereocenters. The van der Waals surface area contributed by atoms with Crippen LogP contribution in [-0.4, -0.2) is 39.5 Å². The number of carbonyl (C=O) groups excluding carboxylic acids is 3. The molecule has 0 radical (unpaired) electrons. The largest absolute Gasteiger partial charge is 0.483 e. The topological polar surface area (TPSA) is 152 Å². The van der Waals surface area contributed by atoms with Crippen molar-refractivity contribution in [1.82, 2.24) is 4.98 Å². The highest BCUT2D eigenvalue weighted by Gasteiger charge is 2.56. The van der Waals surface area contributed by atoms with Crippen LogP contribution in [0.3, 0.4) is 0 Å². The summed E-state index contributed by atoms with van der Waals surface area (Å²) in [5, 5.41) is 12.9. The lowest BCUT2D eigenvalue weighted by Gasteiger charge is -2.30. The molecule has 1 fully saturated rings. The monoisotopic (exact) mass is 656 g/mol. The molecule has 0 aliphatic carbocycles. The number of aromatic nitrogens is 1. The third kappa shape index (κ3) is 5.69. The zero-order chi connectivity index (χ0) is 32.0. The first-order valence-corrected chi connectivity index (χ1v) is 14.8. The van der Waals surface area contributed by atoms with E-state index in [4.69, 9.17) is 4.74 Å². The zero-order valence-corrected chi connectivity index (χ0v) is 24.2. The molecule has 1 aromatic heterocycles. The minimum absolute atomic E-state index is 0.0815. The van der Waals surface area contributed by atoms with Gasteiger partial charge in [0.1, 0.15) is 11.0 Å². The van der Waals surface area contributed by atoms with E-state index < -0.39 is 63.0 Å². The molecular weight excluding hydrogens is 637 g/mol. The Morgan fingerprint density at radius 1 is 1.02 bits per heavy atom. The number of hydrogen-bond donors (Lipinski definition) is 2. The first-order valence-electron chi connectivity index (χ1n) is 13.1. The molecular formula is C29H19F3N4O7S2. The van der Waals surface area contributed by atoms with Crippen molar-refractivity contribution in [1.29, 1.82) is 0 Å². The summed E-state index contributed by atoms with van der Waals surface area (Å²) >= 11 is 1.91. The van der Waals surface area contributed by atoms with Gasteiger partial charge >= 0.3 is 11.0 Å². The molecule has 3 atom stereocenters. The second-order valence-corrected chi connectivity index (χ2v) is 12.2. The van der Waals surface area contributed by atoms with Crippen LogP contribution in [0.1, 0.15) is 21.9 Å². The lowest BCUT2D eigenvalue weighted by Crippen LogP contribution is -2.32. The number of imide groups is 1. The van der Waals surface area contributed by atoms with Gasteiger partial charge in [0.2, 0.25) is 11.8 Å². The highest BCUT2D eigenvalue weighted by molar-refractivity contribution is 8.00. The Morgan fingerprint density at radius 3 is 2.47 bits per heavy atom. The summed E-state index contributed by atoms with van der Waals surface area (Å²) in [4.78, 5) is 66.9. The van der Waals surface area contributed by atoms with Gasteiger partial charge in [-0.3, -0.25) is 29.3 Å². The fraction of sp³-hybridized carbons (Fsp3) is 0.172. The fourth-order valence-corrected chi connectivity index (χ4v) is 7.82. The maximum absolute atomic E-state index is 13.9. The van der Waals surface area contributed by atoms with Crippen LogP contribution in [0.5, 0.6) is 5.75 Å². The van der Waals surface area contributed by atoms with E-state index in [-0.39, 0.29) is 22.8 Å². The van der Waals surface area contributed by atoms with E-state index in [1.165, 1.54) is 36.4 Å². The number of nitro benzene ring substituents is 1. The second-order valence-electron chi connectivity index (χ2n) is 9.99. The van der Waals surface area contributed by atoms with Gasteiger partial charge in [0.25, 0.3) is 11.6 Å². The minimum Gasteiger partial charge on any atom is -0.483 e. The summed E-state index contributed by atoms with van der Waals surface area (Å²) in [6.07, 6.45) is -4.60. The number of nitro groups is 1. The molecule has 45 heavy (non-hydrogen) atoms. The molecule has 0 bridgehead atoms. The van der Waals surface area contributed by atoms with Gasteiger partial charge in [0.05, 0.1) is 27.1 Å². The number of nitrogens with zero attached hydrogens (tertiary/aromatic N) is 2. The number of non-ortho nitro benzene ring substituents is 1. The van der Waals surface area contributed by atoms with E-state index >= 15 is 0 Å². The average molecular weight is 657 g/mol. The van der Waals surface area contributed by atoms with Gasteiger partial charge < -0.3 is 15.0 Å². The van der Waals surface area contributed by atoms with E-state index in [9.17, 15) is 42.5 Å². The first kappa shape index (κ1) is 30.1. The SMILES string of the molecule is O=C(COc1ccccc1C1c2sc(=O)[nH]c2SC2C(=O)N(c3ccc([N+](=O)[O-])cc3)C(=O)C21)Nc1cccc(C(F)(F)F)c1. The number of amides is 3. The number of thiazole rings is 1. The van der Waals surface area contributed by atoms with Crippen molar-refractivity contribution in [3.8, 4) is 5.75 Å². The Labute approximate surface area is 259 Å². The summed E-state index contributed by atoms with van der Waals surface area (Å²) in [6.45, 7) is -0.596. The minimum atomic E-state index is -4.60. The number of rotatable bonds is 7. The van der Waals surface area contributed by atoms with Gasteiger partial charge in [0, 0.05) is 34.2 Å². The Hall–Kier alpha value is -4.96. The average Bonchev–Trinajstić information content (AvgIpc) is 3.50. The van der Waals surface area contributed by atoms with Gasteiger partial charge in [0.15, 0.2) is 6.61 Å². The number of fused-ring (bicyclic) bond motifs is 2. The molecule has 4 aromatic rings. The fourth-order valence-electron chi connectivity index (χ4n) is 5.31. The predicted octanol–water partition coefficient (Wildman–Crippen LogP) is 5.18. The van der Waals surface area contributed by atoms with Crippen LogP contribution in [-0.2, 0) is 20.6 Å². The molecule has 3 amide bonds. The molecule has 2 aliphatic rings. The molecule has 6 rings (SSSR count). The van der Waals surface area contributed by atoms with Crippen LogP contribution >= 0.6 is 23.1 Å². The van der Waals surface area contributed by atoms with Crippen molar-refractivity contribution >= 4 is 57.9 Å². The summed E-state index contributed by atoms with van der Waals surface area (Å²) in [5.74, 6) is -3.58. The first-order chi connectivity index (χ1) is 21.4. The maximum atomic E-state index is 13.9. The van der Waals surface area contributed by atoms with Crippen molar-refractivity contribution < 1.29 is 37.2 Å². The predicted molar refractivity (Wildman–Crippen MR) is 158 cm³/mol. The van der Waals surface area contributed by atoms with Crippen LogP contribution < -0.4 is 19.8 Å². The third-order valence-corrected chi connectivity index (χ3v) is 9.63. The van der Waals surface area contributed by atoms with Crippen molar-refractivity contribution in [3.05, 3.63) is 109 Å². The van der Waals surface area contributed by atoms with Gasteiger partial charge in [-0.2, -0.15) is 13.2 Å². The number of nitrogens with one attached hydrogen (secondary N) is 2. The summed E-state index contributed by atoms with van der Waals surface area (Å²) in [5.41, 5.74) is -0.677. The maximum Gasteiger partial charge on any atom is 0.416 e.